The zero-order valence-corrected chi connectivity index (χ0v) is 10.8. The lowest BCUT2D eigenvalue weighted by Gasteiger charge is -2.01. The number of halogens is 1. The van der Waals surface area contributed by atoms with Crippen LogP contribution in [0.2, 0.25) is 5.02 Å². The molecule has 0 saturated heterocycles. The number of anilines is 1. The third kappa shape index (κ3) is 3.11. The molecule has 0 unspecified atom stereocenters. The highest BCUT2D eigenvalue weighted by Crippen LogP contribution is 2.20. The molecule has 94 valence electrons. The number of amides is 1. The lowest BCUT2D eigenvalue weighted by Crippen LogP contribution is -2.11. The Kier molecular flexibility index (Phi) is 3.99. The van der Waals surface area contributed by atoms with Gasteiger partial charge in [-0.05, 0) is 5.56 Å². The first-order valence-electron chi connectivity index (χ1n) is 5.75. The van der Waals surface area contributed by atoms with Crippen LogP contribution < -0.4 is 5.32 Å². The SMILES string of the molecule is CCC(=O)Nc1nn(Cc2ccccc2)cc1Cl. The minimum atomic E-state index is -0.0955. The second-order valence-electron chi connectivity index (χ2n) is 3.91. The van der Waals surface area contributed by atoms with Crippen LogP contribution in [0.25, 0.3) is 0 Å². The Morgan fingerprint density at radius 3 is 2.78 bits per heavy atom. The van der Waals surface area contributed by atoms with E-state index in [1.54, 1.807) is 17.8 Å². The number of hydrogen-bond acceptors (Lipinski definition) is 2. The highest BCUT2D eigenvalue weighted by atomic mass is 35.5. The summed E-state index contributed by atoms with van der Waals surface area (Å²) < 4.78 is 1.71. The average molecular weight is 264 g/mol. The first-order valence-corrected chi connectivity index (χ1v) is 6.13. The number of rotatable bonds is 4. The van der Waals surface area contributed by atoms with E-state index >= 15 is 0 Å². The summed E-state index contributed by atoms with van der Waals surface area (Å²) in [5.74, 6) is 0.321. The second-order valence-corrected chi connectivity index (χ2v) is 4.32. The van der Waals surface area contributed by atoms with Gasteiger partial charge in [-0.3, -0.25) is 9.48 Å². The molecule has 0 radical (unpaired) electrons. The van der Waals surface area contributed by atoms with Gasteiger partial charge in [0.25, 0.3) is 0 Å². The fourth-order valence-electron chi connectivity index (χ4n) is 1.55. The highest BCUT2D eigenvalue weighted by Gasteiger charge is 2.09. The van der Waals surface area contributed by atoms with Crippen molar-refractivity contribution in [1.29, 1.82) is 0 Å². The molecule has 0 aliphatic carbocycles. The van der Waals surface area contributed by atoms with Crippen LogP contribution in [0.15, 0.2) is 36.5 Å². The van der Waals surface area contributed by atoms with Gasteiger partial charge in [0, 0.05) is 12.6 Å². The van der Waals surface area contributed by atoms with Gasteiger partial charge in [-0.1, -0.05) is 48.9 Å². The molecule has 4 nitrogen and oxygen atoms in total. The van der Waals surface area contributed by atoms with Crippen LogP contribution in [-0.2, 0) is 11.3 Å². The number of carbonyl (C=O) groups excluding carboxylic acids is 1. The van der Waals surface area contributed by atoms with Crippen molar-refractivity contribution in [2.45, 2.75) is 19.9 Å². The van der Waals surface area contributed by atoms with Gasteiger partial charge in [0.15, 0.2) is 5.82 Å². The number of benzene rings is 1. The lowest BCUT2D eigenvalue weighted by atomic mass is 10.2. The van der Waals surface area contributed by atoms with E-state index in [0.29, 0.717) is 23.8 Å². The molecule has 1 amide bonds. The number of nitrogens with one attached hydrogen (secondary N) is 1. The van der Waals surface area contributed by atoms with Crippen LogP contribution >= 0.6 is 11.6 Å². The summed E-state index contributed by atoms with van der Waals surface area (Å²) in [4.78, 5) is 11.3. The molecular weight excluding hydrogens is 250 g/mol. The predicted octanol–water partition coefficient (Wildman–Crippen LogP) is 2.93. The first-order chi connectivity index (χ1) is 8.69. The monoisotopic (exact) mass is 263 g/mol. The molecule has 0 spiro atoms. The van der Waals surface area contributed by atoms with Crippen LogP contribution in [0.5, 0.6) is 0 Å². The van der Waals surface area contributed by atoms with E-state index in [-0.39, 0.29) is 5.91 Å². The van der Waals surface area contributed by atoms with Gasteiger partial charge in [0.2, 0.25) is 5.91 Å². The Balaban J connectivity index is 2.11. The van der Waals surface area contributed by atoms with Crippen molar-refractivity contribution in [1.82, 2.24) is 9.78 Å². The topological polar surface area (TPSA) is 46.9 Å². The third-order valence-electron chi connectivity index (χ3n) is 2.48. The quantitative estimate of drug-likeness (QED) is 0.922. The molecule has 0 saturated carbocycles. The Morgan fingerprint density at radius 2 is 2.11 bits per heavy atom. The zero-order valence-electron chi connectivity index (χ0n) is 10.1. The molecule has 2 rings (SSSR count). The summed E-state index contributed by atoms with van der Waals surface area (Å²) >= 11 is 6.01. The minimum Gasteiger partial charge on any atom is -0.308 e. The van der Waals surface area contributed by atoms with Crippen LogP contribution in [0.3, 0.4) is 0 Å². The summed E-state index contributed by atoms with van der Waals surface area (Å²) in [7, 11) is 0. The maximum atomic E-state index is 11.3. The standard InChI is InChI=1S/C13H14ClN3O/c1-2-12(18)15-13-11(14)9-17(16-13)8-10-6-4-3-5-7-10/h3-7,9H,2,8H2,1H3,(H,15,16,18). The van der Waals surface area contributed by atoms with Gasteiger partial charge in [0.05, 0.1) is 6.54 Å². The number of nitrogens with zero attached hydrogens (tertiary/aromatic N) is 2. The van der Waals surface area contributed by atoms with Crippen molar-refractivity contribution >= 4 is 23.3 Å². The average Bonchev–Trinajstić information content (AvgIpc) is 2.70. The van der Waals surface area contributed by atoms with Crippen molar-refractivity contribution < 1.29 is 4.79 Å². The second kappa shape index (κ2) is 5.69. The van der Waals surface area contributed by atoms with E-state index in [4.69, 9.17) is 11.6 Å². The van der Waals surface area contributed by atoms with Crippen LogP contribution in [-0.4, -0.2) is 15.7 Å². The van der Waals surface area contributed by atoms with E-state index in [9.17, 15) is 4.79 Å². The van der Waals surface area contributed by atoms with Gasteiger partial charge in [0.1, 0.15) is 5.02 Å². The minimum absolute atomic E-state index is 0.0955. The summed E-state index contributed by atoms with van der Waals surface area (Å²) in [5, 5.41) is 7.36. The Bertz CT molecular complexity index is 536. The molecule has 18 heavy (non-hydrogen) atoms. The van der Waals surface area contributed by atoms with Gasteiger partial charge in [-0.25, -0.2) is 0 Å². The number of aromatic nitrogens is 2. The Morgan fingerprint density at radius 1 is 1.39 bits per heavy atom. The molecule has 0 aliphatic heterocycles. The Labute approximate surface area is 111 Å². The van der Waals surface area contributed by atoms with Crippen LogP contribution in [0, 0.1) is 0 Å². The van der Waals surface area contributed by atoms with E-state index in [1.807, 2.05) is 30.3 Å². The van der Waals surface area contributed by atoms with E-state index < -0.39 is 0 Å². The summed E-state index contributed by atoms with van der Waals surface area (Å²) in [6.07, 6.45) is 2.11. The van der Waals surface area contributed by atoms with E-state index in [2.05, 4.69) is 10.4 Å². The largest absolute Gasteiger partial charge is 0.308 e. The third-order valence-corrected chi connectivity index (χ3v) is 2.76. The number of carbonyl (C=O) groups is 1. The van der Waals surface area contributed by atoms with Crippen molar-refractivity contribution in [2.75, 3.05) is 5.32 Å². The lowest BCUT2D eigenvalue weighted by molar-refractivity contribution is -0.115. The molecule has 1 aromatic heterocycles. The molecule has 2 aromatic rings. The molecule has 0 bridgehead atoms. The maximum absolute atomic E-state index is 11.3. The van der Waals surface area contributed by atoms with Gasteiger partial charge >= 0.3 is 0 Å². The first kappa shape index (κ1) is 12.6. The Hall–Kier alpha value is -1.81. The van der Waals surface area contributed by atoms with Crippen molar-refractivity contribution in [3.63, 3.8) is 0 Å². The molecule has 0 aliphatic rings. The molecule has 0 atom stereocenters. The number of hydrogen-bond donors (Lipinski definition) is 1. The molecular formula is C13H14ClN3O. The fourth-order valence-corrected chi connectivity index (χ4v) is 1.75. The van der Waals surface area contributed by atoms with Gasteiger partial charge in [-0.2, -0.15) is 5.10 Å². The van der Waals surface area contributed by atoms with Gasteiger partial charge < -0.3 is 5.32 Å². The van der Waals surface area contributed by atoms with Crippen molar-refractivity contribution in [3.05, 3.63) is 47.1 Å². The highest BCUT2D eigenvalue weighted by molar-refractivity contribution is 6.33. The van der Waals surface area contributed by atoms with E-state index in [1.165, 1.54) is 0 Å². The molecule has 1 heterocycles. The summed E-state index contributed by atoms with van der Waals surface area (Å²) in [5.41, 5.74) is 1.13. The van der Waals surface area contributed by atoms with Crippen LogP contribution in [0.4, 0.5) is 5.82 Å². The normalized spacial score (nSPS) is 10.3. The summed E-state index contributed by atoms with van der Waals surface area (Å²) in [6.45, 7) is 2.41. The van der Waals surface area contributed by atoms with Crippen molar-refractivity contribution in [3.8, 4) is 0 Å². The molecule has 1 aromatic carbocycles. The smallest absolute Gasteiger partial charge is 0.225 e. The maximum Gasteiger partial charge on any atom is 0.225 e. The molecule has 1 N–H and O–H groups in total. The molecule has 5 heteroatoms. The predicted molar refractivity (Wildman–Crippen MR) is 71.7 cm³/mol. The van der Waals surface area contributed by atoms with Crippen molar-refractivity contribution in [2.24, 2.45) is 0 Å². The molecule has 0 fully saturated rings. The summed E-state index contributed by atoms with van der Waals surface area (Å²) in [6, 6.07) is 9.94. The van der Waals surface area contributed by atoms with E-state index in [0.717, 1.165) is 5.56 Å². The fraction of sp³-hybridized carbons (Fsp3) is 0.231. The van der Waals surface area contributed by atoms with Gasteiger partial charge in [-0.15, -0.1) is 0 Å². The zero-order chi connectivity index (χ0) is 13.0. The van der Waals surface area contributed by atoms with Crippen LogP contribution in [0.1, 0.15) is 18.9 Å².